The highest BCUT2D eigenvalue weighted by Crippen LogP contribution is 2.65. The zero-order chi connectivity index (χ0) is 26.9. The van der Waals surface area contributed by atoms with Crippen molar-refractivity contribution in [3.05, 3.63) is 10.1 Å². The molecule has 9 nitrogen and oxygen atoms in total. The van der Waals surface area contributed by atoms with E-state index in [1.807, 2.05) is 21.3 Å². The molecule has 4 aliphatic carbocycles. The Labute approximate surface area is 221 Å². The van der Waals surface area contributed by atoms with Crippen LogP contribution in [-0.4, -0.2) is 57.0 Å². The van der Waals surface area contributed by atoms with Crippen molar-refractivity contribution in [2.75, 3.05) is 21.3 Å². The molecule has 4 fully saturated rings. The molecule has 0 aliphatic heterocycles. The Hall–Kier alpha value is -1.45. The molecule has 4 aliphatic rings. The summed E-state index contributed by atoms with van der Waals surface area (Å²) in [6, 6.07) is 0. The van der Waals surface area contributed by atoms with Crippen molar-refractivity contribution in [1.29, 1.82) is 0 Å². The highest BCUT2D eigenvalue weighted by atomic mass is 17.0. The first kappa shape index (κ1) is 28.6. The van der Waals surface area contributed by atoms with E-state index in [4.69, 9.17) is 18.9 Å². The number of hydrogen-bond donors (Lipinski definition) is 0. The van der Waals surface area contributed by atoms with E-state index in [-0.39, 0.29) is 18.6 Å². The number of carbonyl (C=O) groups excluding carboxylic acids is 1. The fourth-order valence-electron chi connectivity index (χ4n) is 9.20. The second-order valence-corrected chi connectivity index (χ2v) is 12.4. The molecule has 4 rings (SSSR count). The number of nitrogens with zero attached hydrogens (tertiary/aromatic N) is 1. The average Bonchev–Trinajstić information content (AvgIpc) is 3.31. The Balaban J connectivity index is 1.46. The Morgan fingerprint density at radius 2 is 1.70 bits per heavy atom. The van der Waals surface area contributed by atoms with E-state index in [0.717, 1.165) is 32.1 Å². The van der Waals surface area contributed by atoms with Crippen LogP contribution in [0.4, 0.5) is 0 Å². The monoisotopic (exact) mass is 525 g/mol. The van der Waals surface area contributed by atoms with Crippen LogP contribution < -0.4 is 0 Å². The second-order valence-electron chi connectivity index (χ2n) is 12.4. The van der Waals surface area contributed by atoms with Gasteiger partial charge in [0.25, 0.3) is 5.09 Å². The van der Waals surface area contributed by atoms with Gasteiger partial charge in [0.05, 0.1) is 18.3 Å². The van der Waals surface area contributed by atoms with Crippen LogP contribution in [0.5, 0.6) is 0 Å². The van der Waals surface area contributed by atoms with Crippen LogP contribution in [0.25, 0.3) is 0 Å². The van der Waals surface area contributed by atoms with Crippen molar-refractivity contribution in [1.82, 2.24) is 0 Å². The van der Waals surface area contributed by atoms with Crippen molar-refractivity contribution in [2.45, 2.75) is 103 Å². The molecule has 4 saturated carbocycles. The number of carbonyl (C=O) groups is 1. The zero-order valence-electron chi connectivity index (χ0n) is 23.4. The minimum atomic E-state index is -1.19. The van der Waals surface area contributed by atoms with Crippen LogP contribution >= 0.6 is 0 Å². The van der Waals surface area contributed by atoms with Crippen LogP contribution in [0.15, 0.2) is 0 Å². The third kappa shape index (κ3) is 5.64. The Kier molecular flexibility index (Phi) is 9.06. The minimum Gasteiger partial charge on any atom is -0.435 e. The summed E-state index contributed by atoms with van der Waals surface area (Å²) in [7, 11) is 5.61. The van der Waals surface area contributed by atoms with Crippen molar-refractivity contribution in [3.8, 4) is 0 Å². The van der Waals surface area contributed by atoms with Crippen LogP contribution in [0.2, 0.25) is 0 Å². The highest BCUT2D eigenvalue weighted by Gasteiger charge is 2.62. The van der Waals surface area contributed by atoms with E-state index in [0.29, 0.717) is 59.4 Å². The van der Waals surface area contributed by atoms with Gasteiger partial charge in [-0.05, 0) is 105 Å². The lowest BCUT2D eigenvalue weighted by atomic mass is 9.45. The van der Waals surface area contributed by atoms with E-state index in [2.05, 4.69) is 18.7 Å². The molecular formula is C28H47NO8. The summed E-state index contributed by atoms with van der Waals surface area (Å²) in [6.45, 7) is 6.12. The van der Waals surface area contributed by atoms with Crippen LogP contribution in [-0.2, 0) is 28.6 Å². The summed E-state index contributed by atoms with van der Waals surface area (Å²) < 4.78 is 23.3. The van der Waals surface area contributed by atoms with Gasteiger partial charge in [0.15, 0.2) is 0 Å². The molecule has 212 valence electrons. The summed E-state index contributed by atoms with van der Waals surface area (Å²) in [5.74, 6) is 3.13. The molecule has 0 spiro atoms. The van der Waals surface area contributed by atoms with E-state index < -0.39 is 17.3 Å². The second kappa shape index (κ2) is 11.7. The highest BCUT2D eigenvalue weighted by molar-refractivity contribution is 5.69. The van der Waals surface area contributed by atoms with Gasteiger partial charge in [0.2, 0.25) is 6.29 Å². The number of methoxy groups -OCH3 is 3. The van der Waals surface area contributed by atoms with E-state index in [1.165, 1.54) is 19.8 Å². The fraction of sp³-hybridized carbons (Fsp3) is 0.964. The molecule has 2 unspecified atom stereocenters. The zero-order valence-corrected chi connectivity index (χ0v) is 23.4. The third-order valence-corrected chi connectivity index (χ3v) is 11.0. The van der Waals surface area contributed by atoms with Crippen molar-refractivity contribution < 1.29 is 33.7 Å². The van der Waals surface area contributed by atoms with E-state index in [9.17, 15) is 14.9 Å². The van der Waals surface area contributed by atoms with Gasteiger partial charge >= 0.3 is 5.97 Å². The van der Waals surface area contributed by atoms with Gasteiger partial charge in [-0.25, -0.2) is 0 Å². The van der Waals surface area contributed by atoms with Gasteiger partial charge in [-0.15, -0.1) is 10.1 Å². The Morgan fingerprint density at radius 1 is 1.00 bits per heavy atom. The molecule has 0 aromatic rings. The average molecular weight is 526 g/mol. The largest absolute Gasteiger partial charge is 0.435 e. The molecule has 0 radical (unpaired) electrons. The maximum absolute atomic E-state index is 12.3. The first-order chi connectivity index (χ1) is 17.6. The lowest BCUT2D eigenvalue weighted by Gasteiger charge is -2.62. The molecule has 0 N–H and O–H groups in total. The van der Waals surface area contributed by atoms with Crippen molar-refractivity contribution in [2.24, 2.45) is 46.8 Å². The lowest BCUT2D eigenvalue weighted by molar-refractivity contribution is -0.777. The standard InChI is InChI=1S/C28H47NO8/c1-16(7-10-25(30)36-17(2)37-29(31)32)20-8-9-21-26(20)24(35-6)15-22-27(21)23(34-5)14-18-13-19(33-4)11-12-28(18,22)3/h16-24,26-27H,7-15H2,1-6H3/t16-,17?,18+,19-,20-,21-,22+,23-,24+,26?,27+,28+/m1/s1. The van der Waals surface area contributed by atoms with Crippen LogP contribution in [0.1, 0.15) is 78.6 Å². The van der Waals surface area contributed by atoms with Crippen LogP contribution in [0.3, 0.4) is 0 Å². The number of fused-ring (bicyclic) bond motifs is 5. The van der Waals surface area contributed by atoms with Gasteiger partial charge in [-0.3, -0.25) is 9.63 Å². The third-order valence-electron chi connectivity index (χ3n) is 11.0. The normalized spacial score (nSPS) is 42.6. The number of hydrogen-bond acceptors (Lipinski definition) is 8. The van der Waals surface area contributed by atoms with Gasteiger partial charge in [-0.2, -0.15) is 0 Å². The van der Waals surface area contributed by atoms with Gasteiger partial charge in [-0.1, -0.05) is 13.8 Å². The lowest BCUT2D eigenvalue weighted by Crippen LogP contribution is -2.60. The predicted molar refractivity (Wildman–Crippen MR) is 136 cm³/mol. The molecule has 9 heteroatoms. The number of esters is 1. The van der Waals surface area contributed by atoms with Gasteiger partial charge in [0.1, 0.15) is 0 Å². The smallest absolute Gasteiger partial charge is 0.307 e. The summed E-state index contributed by atoms with van der Waals surface area (Å²) in [4.78, 5) is 27.0. The maximum Gasteiger partial charge on any atom is 0.307 e. The van der Waals surface area contributed by atoms with E-state index >= 15 is 0 Å². The molecule has 0 amide bonds. The summed E-state index contributed by atoms with van der Waals surface area (Å²) >= 11 is 0. The molecule has 0 heterocycles. The quantitative estimate of drug-likeness (QED) is 0.169. The first-order valence-corrected chi connectivity index (χ1v) is 14.2. The fourth-order valence-corrected chi connectivity index (χ4v) is 9.20. The van der Waals surface area contributed by atoms with Crippen molar-refractivity contribution >= 4 is 5.97 Å². The Morgan fingerprint density at radius 3 is 2.35 bits per heavy atom. The minimum absolute atomic E-state index is 0.217. The summed E-state index contributed by atoms with van der Waals surface area (Å²) in [5, 5.41) is 9.52. The number of ether oxygens (including phenoxy) is 4. The van der Waals surface area contributed by atoms with Gasteiger partial charge < -0.3 is 18.9 Å². The van der Waals surface area contributed by atoms with Crippen molar-refractivity contribution in [3.63, 3.8) is 0 Å². The topological polar surface area (TPSA) is 106 Å². The molecule has 0 saturated heterocycles. The number of rotatable bonds is 10. The SMILES string of the molecule is CO[C@@H]1CC[C@@]2(C)[C@@H](C1)C[C@@H](OC)[C@H]1[C@@H]3CC[C@H]([C@H](C)CCC(=O)OC(C)O[N+](=O)[O-])C3[C@@H](OC)C[C@@H]12. The molecule has 12 atom stereocenters. The Bertz CT molecular complexity index is 809. The maximum atomic E-state index is 12.3. The summed E-state index contributed by atoms with van der Waals surface area (Å²) in [5.41, 5.74) is 0.298. The first-order valence-electron chi connectivity index (χ1n) is 14.2. The molecular weight excluding hydrogens is 478 g/mol. The van der Waals surface area contributed by atoms with Crippen LogP contribution in [0, 0.1) is 57.0 Å². The molecule has 37 heavy (non-hydrogen) atoms. The molecule has 0 aromatic heterocycles. The van der Waals surface area contributed by atoms with E-state index in [1.54, 1.807) is 0 Å². The molecule has 0 bridgehead atoms. The predicted octanol–water partition coefficient (Wildman–Crippen LogP) is 5.03. The summed E-state index contributed by atoms with van der Waals surface area (Å²) in [6.07, 6.45) is 8.56. The molecule has 0 aromatic carbocycles. The van der Waals surface area contributed by atoms with Gasteiger partial charge in [0, 0.05) is 27.8 Å².